The second kappa shape index (κ2) is 12.1. The lowest BCUT2D eigenvalue weighted by Crippen LogP contribution is -2.36. The van der Waals surface area contributed by atoms with Crippen molar-refractivity contribution in [1.82, 2.24) is 10.3 Å². The fraction of sp³-hybridized carbons (Fsp3) is 0.280. The van der Waals surface area contributed by atoms with Crippen LogP contribution in [0.25, 0.3) is 11.3 Å². The zero-order valence-electron chi connectivity index (χ0n) is 18.2. The summed E-state index contributed by atoms with van der Waals surface area (Å²) in [6.07, 6.45) is 0.0497. The highest BCUT2D eigenvalue weighted by atomic mass is 32.1. The quantitative estimate of drug-likeness (QED) is 0.333. The largest absolute Gasteiger partial charge is 0.463 e. The summed E-state index contributed by atoms with van der Waals surface area (Å²) in [6, 6.07) is 23.5. The molecule has 1 amide bonds. The lowest BCUT2D eigenvalue weighted by molar-refractivity contribution is -0.127. The first-order chi connectivity index (χ1) is 15.6. The van der Waals surface area contributed by atoms with Crippen LogP contribution < -0.4 is 21.1 Å². The van der Waals surface area contributed by atoms with Crippen LogP contribution in [0.4, 0.5) is 5.69 Å². The van der Waals surface area contributed by atoms with E-state index in [2.05, 4.69) is 23.3 Å². The number of hydrogen-bond acceptors (Lipinski definition) is 6. The average Bonchev–Trinajstić information content (AvgIpc) is 2.84. The highest BCUT2D eigenvalue weighted by Gasteiger charge is 2.18. The third-order valence-corrected chi connectivity index (χ3v) is 5.43. The Balaban J connectivity index is 1.72. The van der Waals surface area contributed by atoms with Crippen molar-refractivity contribution in [3.8, 4) is 17.1 Å². The van der Waals surface area contributed by atoms with Crippen LogP contribution in [0.5, 0.6) is 5.88 Å². The molecule has 1 heterocycles. The minimum absolute atomic E-state index is 0.00874. The van der Waals surface area contributed by atoms with Gasteiger partial charge in [-0.05, 0) is 31.0 Å². The van der Waals surface area contributed by atoms with Crippen LogP contribution in [0.2, 0.25) is 0 Å². The molecule has 2 atom stereocenters. The molecule has 32 heavy (non-hydrogen) atoms. The van der Waals surface area contributed by atoms with E-state index >= 15 is 0 Å². The van der Waals surface area contributed by atoms with Crippen molar-refractivity contribution in [2.24, 2.45) is 5.73 Å². The zero-order chi connectivity index (χ0) is 22.8. The molecule has 0 fully saturated rings. The van der Waals surface area contributed by atoms with Crippen LogP contribution in [0.15, 0.2) is 72.8 Å². The van der Waals surface area contributed by atoms with Gasteiger partial charge in [-0.3, -0.25) is 4.79 Å². The zero-order valence-corrected chi connectivity index (χ0v) is 19.1. The second-order valence-corrected chi connectivity index (χ2v) is 7.90. The average molecular weight is 451 g/mol. The van der Waals surface area contributed by atoms with E-state index in [9.17, 15) is 4.79 Å². The molecule has 0 bridgehead atoms. The van der Waals surface area contributed by atoms with E-state index in [1.54, 1.807) is 6.92 Å². The number of hydrogen-bond donors (Lipinski definition) is 4. The van der Waals surface area contributed by atoms with Gasteiger partial charge in [0.25, 0.3) is 5.91 Å². The van der Waals surface area contributed by atoms with Crippen LogP contribution in [-0.4, -0.2) is 35.3 Å². The summed E-state index contributed by atoms with van der Waals surface area (Å²) in [7, 11) is 0. The Bertz CT molecular complexity index is 986. The number of anilines is 1. The molecule has 0 radical (unpaired) electrons. The molecular formula is C25H30N4O2S. The molecule has 4 N–H and O–H groups in total. The Morgan fingerprint density at radius 3 is 2.44 bits per heavy atom. The van der Waals surface area contributed by atoms with E-state index < -0.39 is 6.10 Å². The van der Waals surface area contributed by atoms with Gasteiger partial charge in [-0.25, -0.2) is 4.98 Å². The molecule has 1 unspecified atom stereocenters. The van der Waals surface area contributed by atoms with Gasteiger partial charge in [0, 0.05) is 30.4 Å². The van der Waals surface area contributed by atoms with Gasteiger partial charge in [0.1, 0.15) is 0 Å². The number of rotatable bonds is 11. The number of thiol groups is 1. The first-order valence-corrected chi connectivity index (χ1v) is 11.3. The SMILES string of the molecule is C[C@@H](Oc1nc(-c2ccccc2)ccc1NCCC(N)CS)C(=O)NCc1ccccc1. The Morgan fingerprint density at radius 2 is 1.75 bits per heavy atom. The molecule has 3 aromatic rings. The Labute approximate surface area is 195 Å². The first kappa shape index (κ1) is 23.6. The normalized spacial score (nSPS) is 12.6. The van der Waals surface area contributed by atoms with Gasteiger partial charge < -0.3 is 21.1 Å². The molecule has 0 aliphatic rings. The van der Waals surface area contributed by atoms with Gasteiger partial charge in [0.2, 0.25) is 5.88 Å². The standard InChI is InChI=1S/C25H30N4O2S/c1-18(24(30)28-16-19-8-4-2-5-9-19)31-25-23(27-15-14-21(26)17-32)13-12-22(29-25)20-10-6-3-7-11-20/h2-13,18,21,27,32H,14-17,26H2,1H3,(H,28,30)/t18-,21?/m1/s1. The number of benzene rings is 2. The van der Waals surface area contributed by atoms with E-state index in [4.69, 9.17) is 15.5 Å². The number of aromatic nitrogens is 1. The van der Waals surface area contributed by atoms with Gasteiger partial charge in [-0.15, -0.1) is 0 Å². The molecule has 0 spiro atoms. The molecule has 168 valence electrons. The molecule has 7 heteroatoms. The maximum atomic E-state index is 12.6. The van der Waals surface area contributed by atoms with E-state index in [0.717, 1.165) is 28.9 Å². The minimum atomic E-state index is -0.711. The second-order valence-electron chi connectivity index (χ2n) is 7.54. The van der Waals surface area contributed by atoms with E-state index in [0.29, 0.717) is 24.7 Å². The predicted molar refractivity (Wildman–Crippen MR) is 133 cm³/mol. The molecule has 1 aromatic heterocycles. The highest BCUT2D eigenvalue weighted by Crippen LogP contribution is 2.28. The topological polar surface area (TPSA) is 89.3 Å². The number of amides is 1. The van der Waals surface area contributed by atoms with Gasteiger partial charge in [0.15, 0.2) is 6.10 Å². The molecule has 0 saturated carbocycles. The Kier molecular flexibility index (Phi) is 8.95. The fourth-order valence-corrected chi connectivity index (χ4v) is 3.25. The number of nitrogens with two attached hydrogens (primary N) is 1. The summed E-state index contributed by atoms with van der Waals surface area (Å²) < 4.78 is 6.01. The number of ether oxygens (including phenoxy) is 1. The first-order valence-electron chi connectivity index (χ1n) is 10.7. The highest BCUT2D eigenvalue weighted by molar-refractivity contribution is 7.80. The number of nitrogens with zero attached hydrogens (tertiary/aromatic N) is 1. The lowest BCUT2D eigenvalue weighted by atomic mass is 10.1. The van der Waals surface area contributed by atoms with Crippen molar-refractivity contribution in [1.29, 1.82) is 0 Å². The van der Waals surface area contributed by atoms with Crippen molar-refractivity contribution in [3.63, 3.8) is 0 Å². The number of nitrogens with one attached hydrogen (secondary N) is 2. The molecule has 0 aliphatic carbocycles. The Morgan fingerprint density at radius 1 is 1.06 bits per heavy atom. The summed E-state index contributed by atoms with van der Waals surface area (Å²) in [5.74, 6) is 0.798. The smallest absolute Gasteiger partial charge is 0.261 e. The van der Waals surface area contributed by atoms with Gasteiger partial charge in [-0.2, -0.15) is 12.6 Å². The molecule has 6 nitrogen and oxygen atoms in total. The predicted octanol–water partition coefficient (Wildman–Crippen LogP) is 3.89. The van der Waals surface area contributed by atoms with Crippen LogP contribution >= 0.6 is 12.6 Å². The van der Waals surface area contributed by atoms with Crippen molar-refractivity contribution in [2.45, 2.75) is 32.0 Å². The third-order valence-electron chi connectivity index (χ3n) is 4.96. The third kappa shape index (κ3) is 7.00. The van der Waals surface area contributed by atoms with E-state index in [1.807, 2.05) is 72.8 Å². The fourth-order valence-electron chi connectivity index (χ4n) is 3.07. The summed E-state index contributed by atoms with van der Waals surface area (Å²) >= 11 is 4.23. The molecule has 0 saturated heterocycles. The van der Waals surface area contributed by atoms with Crippen LogP contribution in [-0.2, 0) is 11.3 Å². The van der Waals surface area contributed by atoms with Gasteiger partial charge in [-0.1, -0.05) is 60.7 Å². The number of carbonyl (C=O) groups is 1. The molecule has 0 aliphatic heterocycles. The number of pyridine rings is 1. The van der Waals surface area contributed by atoms with Crippen molar-refractivity contribution >= 4 is 24.2 Å². The van der Waals surface area contributed by atoms with E-state index in [-0.39, 0.29) is 11.9 Å². The maximum absolute atomic E-state index is 12.6. The van der Waals surface area contributed by atoms with Gasteiger partial charge >= 0.3 is 0 Å². The number of carbonyl (C=O) groups excluding carboxylic acids is 1. The maximum Gasteiger partial charge on any atom is 0.261 e. The van der Waals surface area contributed by atoms with Crippen molar-refractivity contribution in [3.05, 3.63) is 78.4 Å². The minimum Gasteiger partial charge on any atom is -0.463 e. The summed E-state index contributed by atoms with van der Waals surface area (Å²) in [5, 5.41) is 6.24. The molecule has 2 aromatic carbocycles. The van der Waals surface area contributed by atoms with Gasteiger partial charge in [0.05, 0.1) is 11.4 Å². The summed E-state index contributed by atoms with van der Waals surface area (Å²) in [6.45, 7) is 2.81. The molecular weight excluding hydrogens is 420 g/mol. The van der Waals surface area contributed by atoms with Crippen molar-refractivity contribution in [2.75, 3.05) is 17.6 Å². The summed E-state index contributed by atoms with van der Waals surface area (Å²) in [4.78, 5) is 17.3. The van der Waals surface area contributed by atoms with Crippen LogP contribution in [0.3, 0.4) is 0 Å². The monoisotopic (exact) mass is 450 g/mol. The Hall–Kier alpha value is -3.03. The lowest BCUT2D eigenvalue weighted by Gasteiger charge is -2.18. The molecule has 3 rings (SSSR count). The summed E-state index contributed by atoms with van der Waals surface area (Å²) in [5.41, 5.74) is 9.46. The van der Waals surface area contributed by atoms with Crippen LogP contribution in [0.1, 0.15) is 18.9 Å². The van der Waals surface area contributed by atoms with Crippen molar-refractivity contribution < 1.29 is 9.53 Å². The van der Waals surface area contributed by atoms with E-state index in [1.165, 1.54) is 0 Å². The van der Waals surface area contributed by atoms with Crippen LogP contribution in [0, 0.1) is 0 Å².